The highest BCUT2D eigenvalue weighted by Gasteiger charge is 2.28. The van der Waals surface area contributed by atoms with Gasteiger partial charge in [-0.15, -0.1) is 0 Å². The number of carbonyl (C=O) groups excluding carboxylic acids is 2. The van der Waals surface area contributed by atoms with E-state index in [4.69, 9.17) is 11.5 Å². The fourth-order valence-corrected chi connectivity index (χ4v) is 4.30. The van der Waals surface area contributed by atoms with Gasteiger partial charge in [0.05, 0.1) is 6.04 Å². The van der Waals surface area contributed by atoms with Crippen molar-refractivity contribution in [3.63, 3.8) is 0 Å². The van der Waals surface area contributed by atoms with Crippen molar-refractivity contribution in [2.24, 2.45) is 11.5 Å². The van der Waals surface area contributed by atoms with Crippen molar-refractivity contribution in [3.05, 3.63) is 58.4 Å². The summed E-state index contributed by atoms with van der Waals surface area (Å²) in [7, 11) is 0. The van der Waals surface area contributed by atoms with Crippen LogP contribution in [0.3, 0.4) is 0 Å². The van der Waals surface area contributed by atoms with Crippen LogP contribution < -0.4 is 22.1 Å². The van der Waals surface area contributed by atoms with Crippen LogP contribution in [0.1, 0.15) is 24.0 Å². The SMILES string of the molecule is NCCC[C@H](NC(=O)[C@@H](N)Cc1ccsc1)C(=O)N[C@@H](Cc1c[nH]c2ccccc12)C(=O)O. The first-order chi connectivity index (χ1) is 15.9. The van der Waals surface area contributed by atoms with Crippen LogP contribution in [0.15, 0.2) is 47.3 Å². The first kappa shape index (κ1) is 24.4. The van der Waals surface area contributed by atoms with Gasteiger partial charge in [-0.3, -0.25) is 9.59 Å². The van der Waals surface area contributed by atoms with Crippen LogP contribution in [-0.4, -0.2) is 52.5 Å². The Balaban J connectivity index is 1.67. The van der Waals surface area contributed by atoms with Gasteiger partial charge in [0.15, 0.2) is 0 Å². The number of amides is 2. The van der Waals surface area contributed by atoms with Crippen molar-refractivity contribution in [2.75, 3.05) is 6.54 Å². The van der Waals surface area contributed by atoms with Gasteiger partial charge >= 0.3 is 5.97 Å². The van der Waals surface area contributed by atoms with Crippen molar-refractivity contribution in [1.29, 1.82) is 0 Å². The first-order valence-corrected chi connectivity index (χ1v) is 11.7. The van der Waals surface area contributed by atoms with E-state index in [2.05, 4.69) is 15.6 Å². The third-order valence-corrected chi connectivity index (χ3v) is 6.15. The highest BCUT2D eigenvalue weighted by Crippen LogP contribution is 2.19. The molecule has 0 saturated carbocycles. The minimum atomic E-state index is -1.16. The average molecular weight is 472 g/mol. The van der Waals surface area contributed by atoms with Crippen LogP contribution in [0, 0.1) is 0 Å². The lowest BCUT2D eigenvalue weighted by molar-refractivity contribution is -0.142. The number of thiophene rings is 1. The summed E-state index contributed by atoms with van der Waals surface area (Å²) in [6, 6.07) is 6.51. The predicted octanol–water partition coefficient (Wildman–Crippen LogP) is 1.14. The zero-order valence-electron chi connectivity index (χ0n) is 18.1. The summed E-state index contributed by atoms with van der Waals surface area (Å²) in [5, 5.41) is 19.7. The second-order valence-corrected chi connectivity index (χ2v) is 8.68. The van der Waals surface area contributed by atoms with Gasteiger partial charge in [0, 0.05) is 23.5 Å². The van der Waals surface area contributed by atoms with E-state index < -0.39 is 35.9 Å². The number of nitrogens with two attached hydrogens (primary N) is 2. The monoisotopic (exact) mass is 471 g/mol. The summed E-state index contributed by atoms with van der Waals surface area (Å²) in [4.78, 5) is 40.6. The normalized spacial score (nSPS) is 13.9. The van der Waals surface area contributed by atoms with Crippen LogP contribution in [0.5, 0.6) is 0 Å². The molecule has 2 amide bonds. The van der Waals surface area contributed by atoms with E-state index in [0.29, 0.717) is 19.4 Å². The lowest BCUT2D eigenvalue weighted by Gasteiger charge is -2.23. The quantitative estimate of drug-likeness (QED) is 0.232. The minimum Gasteiger partial charge on any atom is -0.480 e. The number of para-hydroxylation sites is 1. The molecule has 0 saturated heterocycles. The number of aromatic nitrogens is 1. The zero-order valence-corrected chi connectivity index (χ0v) is 18.9. The van der Waals surface area contributed by atoms with E-state index in [1.54, 1.807) is 6.20 Å². The van der Waals surface area contributed by atoms with Gasteiger partial charge < -0.3 is 32.2 Å². The van der Waals surface area contributed by atoms with E-state index in [0.717, 1.165) is 22.0 Å². The average Bonchev–Trinajstić information content (AvgIpc) is 3.45. The number of carboxylic acid groups (broad SMARTS) is 1. The maximum absolute atomic E-state index is 13.0. The number of fused-ring (bicyclic) bond motifs is 1. The van der Waals surface area contributed by atoms with E-state index >= 15 is 0 Å². The maximum Gasteiger partial charge on any atom is 0.326 e. The molecule has 2 heterocycles. The maximum atomic E-state index is 13.0. The molecule has 3 rings (SSSR count). The lowest BCUT2D eigenvalue weighted by atomic mass is 10.0. The fraction of sp³-hybridized carbons (Fsp3) is 0.348. The molecule has 10 heteroatoms. The molecule has 0 radical (unpaired) electrons. The molecule has 0 aliphatic heterocycles. The molecule has 3 aromatic rings. The number of hydrogen-bond donors (Lipinski definition) is 6. The van der Waals surface area contributed by atoms with E-state index in [1.165, 1.54) is 11.3 Å². The number of benzene rings is 1. The molecule has 176 valence electrons. The Hall–Kier alpha value is -3.21. The summed E-state index contributed by atoms with van der Waals surface area (Å²) < 4.78 is 0. The molecule has 3 atom stereocenters. The van der Waals surface area contributed by atoms with Crippen LogP contribution in [-0.2, 0) is 27.2 Å². The summed E-state index contributed by atoms with van der Waals surface area (Å²) >= 11 is 1.51. The van der Waals surface area contributed by atoms with E-state index in [-0.39, 0.29) is 12.8 Å². The molecule has 8 N–H and O–H groups in total. The molecular weight excluding hydrogens is 442 g/mol. The van der Waals surface area contributed by atoms with Crippen molar-refractivity contribution >= 4 is 40.0 Å². The Morgan fingerprint density at radius 2 is 1.82 bits per heavy atom. The number of hydrogen-bond acceptors (Lipinski definition) is 6. The smallest absolute Gasteiger partial charge is 0.326 e. The third kappa shape index (κ3) is 6.64. The number of carboxylic acids is 1. The van der Waals surface area contributed by atoms with Crippen LogP contribution in [0.25, 0.3) is 10.9 Å². The number of aliphatic carboxylic acids is 1. The van der Waals surface area contributed by atoms with Gasteiger partial charge in [-0.2, -0.15) is 11.3 Å². The molecule has 9 nitrogen and oxygen atoms in total. The van der Waals surface area contributed by atoms with Crippen LogP contribution in [0.4, 0.5) is 0 Å². The third-order valence-electron chi connectivity index (χ3n) is 5.42. The Morgan fingerprint density at radius 1 is 1.06 bits per heavy atom. The zero-order chi connectivity index (χ0) is 23.8. The fourth-order valence-electron chi connectivity index (χ4n) is 3.62. The Labute approximate surface area is 195 Å². The first-order valence-electron chi connectivity index (χ1n) is 10.7. The van der Waals surface area contributed by atoms with Gasteiger partial charge in [-0.25, -0.2) is 4.79 Å². The summed E-state index contributed by atoms with van der Waals surface area (Å²) in [5.41, 5.74) is 14.2. The molecule has 0 spiro atoms. The van der Waals surface area contributed by atoms with Crippen molar-refractivity contribution in [3.8, 4) is 0 Å². The van der Waals surface area contributed by atoms with Crippen LogP contribution >= 0.6 is 11.3 Å². The number of rotatable bonds is 12. The second kappa shape index (κ2) is 11.6. The highest BCUT2D eigenvalue weighted by atomic mass is 32.1. The number of carbonyl (C=O) groups is 3. The molecule has 0 fully saturated rings. The number of H-pyrrole nitrogens is 1. The predicted molar refractivity (Wildman–Crippen MR) is 128 cm³/mol. The molecule has 33 heavy (non-hydrogen) atoms. The van der Waals surface area contributed by atoms with Crippen molar-refractivity contribution in [2.45, 2.75) is 43.8 Å². The van der Waals surface area contributed by atoms with E-state index in [9.17, 15) is 19.5 Å². The lowest BCUT2D eigenvalue weighted by Crippen LogP contribution is -2.55. The summed E-state index contributed by atoms with van der Waals surface area (Å²) in [6.45, 7) is 0.332. The second-order valence-electron chi connectivity index (χ2n) is 7.90. The molecule has 0 aliphatic rings. The van der Waals surface area contributed by atoms with Crippen LogP contribution in [0.2, 0.25) is 0 Å². The Morgan fingerprint density at radius 3 is 2.52 bits per heavy atom. The van der Waals surface area contributed by atoms with E-state index in [1.807, 2.05) is 41.1 Å². The van der Waals surface area contributed by atoms with Gasteiger partial charge in [0.1, 0.15) is 12.1 Å². The topological polar surface area (TPSA) is 163 Å². The molecule has 0 aliphatic carbocycles. The van der Waals surface area contributed by atoms with Gasteiger partial charge in [-0.1, -0.05) is 18.2 Å². The standard InChI is InChI=1S/C23H29N5O4S/c24-8-3-6-19(27-21(29)17(25)10-14-7-9-33-13-14)22(30)28-20(23(31)32)11-15-12-26-18-5-2-1-4-16(15)18/h1-2,4-5,7,9,12-13,17,19-20,26H,3,6,8,10-11,24-25H2,(H,27,29)(H,28,30)(H,31,32)/t17-,19-,20-/m0/s1. The minimum absolute atomic E-state index is 0.0975. The molecule has 0 unspecified atom stereocenters. The summed E-state index contributed by atoms with van der Waals surface area (Å²) in [6.07, 6.45) is 2.94. The highest BCUT2D eigenvalue weighted by molar-refractivity contribution is 7.07. The van der Waals surface area contributed by atoms with Crippen molar-refractivity contribution < 1.29 is 19.5 Å². The Bertz CT molecular complexity index is 1080. The number of nitrogens with one attached hydrogen (secondary N) is 3. The Kier molecular flexibility index (Phi) is 8.58. The van der Waals surface area contributed by atoms with Crippen molar-refractivity contribution in [1.82, 2.24) is 15.6 Å². The molecule has 2 aromatic heterocycles. The molecule has 1 aromatic carbocycles. The molecular formula is C23H29N5O4S. The largest absolute Gasteiger partial charge is 0.480 e. The van der Waals surface area contributed by atoms with Gasteiger partial charge in [-0.05, 0) is 59.8 Å². The number of aromatic amines is 1. The molecule has 0 bridgehead atoms. The summed E-state index contributed by atoms with van der Waals surface area (Å²) in [5.74, 6) is -2.21. The van der Waals surface area contributed by atoms with Gasteiger partial charge in [0.25, 0.3) is 0 Å². The van der Waals surface area contributed by atoms with Gasteiger partial charge in [0.2, 0.25) is 11.8 Å².